The van der Waals surface area contributed by atoms with E-state index >= 15 is 0 Å². The van der Waals surface area contributed by atoms with Crippen LogP contribution < -0.4 is 15.5 Å². The Morgan fingerprint density at radius 3 is 2.21 bits per heavy atom. The summed E-state index contributed by atoms with van der Waals surface area (Å²) < 4.78 is 0. The van der Waals surface area contributed by atoms with Crippen molar-refractivity contribution < 1.29 is 9.59 Å². The molecule has 0 atom stereocenters. The minimum absolute atomic E-state index is 0.101. The molecular formula is C22H28N4O2. The quantitative estimate of drug-likeness (QED) is 0.837. The Hall–Kier alpha value is -3.02. The van der Waals surface area contributed by atoms with Crippen LogP contribution in [-0.4, -0.2) is 49.4 Å². The maximum atomic E-state index is 12.5. The fraction of sp³-hybridized carbons (Fsp3) is 0.364. The number of hydrogen-bond donors (Lipinski definition) is 2. The van der Waals surface area contributed by atoms with Crippen LogP contribution in [0.3, 0.4) is 0 Å². The number of rotatable bonds is 5. The van der Waals surface area contributed by atoms with E-state index in [1.807, 2.05) is 29.2 Å². The lowest BCUT2D eigenvalue weighted by Gasteiger charge is -2.37. The van der Waals surface area contributed by atoms with Gasteiger partial charge in [-0.25, -0.2) is 0 Å². The van der Waals surface area contributed by atoms with Crippen molar-refractivity contribution in [2.45, 2.75) is 20.8 Å². The maximum absolute atomic E-state index is 12.5. The van der Waals surface area contributed by atoms with Crippen LogP contribution in [0.25, 0.3) is 0 Å². The van der Waals surface area contributed by atoms with Crippen molar-refractivity contribution in [3.63, 3.8) is 0 Å². The summed E-state index contributed by atoms with van der Waals surface area (Å²) in [5.74, 6) is 0.00226. The van der Waals surface area contributed by atoms with Gasteiger partial charge in [0.25, 0.3) is 0 Å². The van der Waals surface area contributed by atoms with Gasteiger partial charge in [0.05, 0.1) is 6.54 Å². The average molecular weight is 380 g/mol. The number of nitrogens with zero attached hydrogens (tertiary/aromatic N) is 2. The number of anilines is 3. The van der Waals surface area contributed by atoms with Gasteiger partial charge in [-0.15, -0.1) is 0 Å². The van der Waals surface area contributed by atoms with Crippen LogP contribution in [0.15, 0.2) is 42.5 Å². The molecule has 148 valence electrons. The van der Waals surface area contributed by atoms with Crippen molar-refractivity contribution in [1.82, 2.24) is 4.90 Å². The summed E-state index contributed by atoms with van der Waals surface area (Å²) in [5, 5.41) is 5.89. The van der Waals surface area contributed by atoms with Gasteiger partial charge >= 0.3 is 0 Å². The predicted molar refractivity (Wildman–Crippen MR) is 114 cm³/mol. The maximum Gasteiger partial charge on any atom is 0.241 e. The number of aryl methyl sites for hydroxylation is 1. The molecule has 2 aromatic carbocycles. The molecule has 0 aromatic heterocycles. The molecule has 0 saturated carbocycles. The van der Waals surface area contributed by atoms with Crippen molar-refractivity contribution in [2.75, 3.05) is 48.3 Å². The van der Waals surface area contributed by atoms with E-state index in [0.29, 0.717) is 0 Å². The zero-order valence-electron chi connectivity index (χ0n) is 16.8. The van der Waals surface area contributed by atoms with Gasteiger partial charge in [0.1, 0.15) is 0 Å². The third-order valence-electron chi connectivity index (χ3n) is 5.20. The third kappa shape index (κ3) is 4.82. The first-order chi connectivity index (χ1) is 13.4. The van der Waals surface area contributed by atoms with E-state index < -0.39 is 0 Å². The Morgan fingerprint density at radius 1 is 0.929 bits per heavy atom. The van der Waals surface area contributed by atoms with Gasteiger partial charge in [-0.3, -0.25) is 9.59 Å². The van der Waals surface area contributed by atoms with Gasteiger partial charge in [-0.1, -0.05) is 12.1 Å². The van der Waals surface area contributed by atoms with Gasteiger partial charge in [0.2, 0.25) is 11.8 Å². The van der Waals surface area contributed by atoms with Crippen LogP contribution >= 0.6 is 0 Å². The standard InChI is InChI=1S/C22H28N4O2/c1-16-5-4-6-21(17(16)2)25-11-13-26(14-12-25)22(28)15-23-19-7-9-20(10-8-19)24-18(3)27/h4-10,23H,11-15H2,1-3H3,(H,24,27). The molecule has 1 saturated heterocycles. The number of carbonyl (C=O) groups excluding carboxylic acids is 2. The molecule has 0 spiro atoms. The van der Waals surface area contributed by atoms with E-state index in [9.17, 15) is 9.59 Å². The summed E-state index contributed by atoms with van der Waals surface area (Å²) >= 11 is 0. The van der Waals surface area contributed by atoms with Crippen LogP contribution in [0.5, 0.6) is 0 Å². The molecular weight excluding hydrogens is 352 g/mol. The Bertz CT molecular complexity index is 840. The first kappa shape index (κ1) is 19.7. The fourth-order valence-corrected chi connectivity index (χ4v) is 3.44. The van der Waals surface area contributed by atoms with E-state index in [1.54, 1.807) is 0 Å². The lowest BCUT2D eigenvalue weighted by atomic mass is 10.1. The summed E-state index contributed by atoms with van der Waals surface area (Å²) in [6.45, 7) is 9.19. The van der Waals surface area contributed by atoms with Crippen molar-refractivity contribution in [3.8, 4) is 0 Å². The second-order valence-corrected chi connectivity index (χ2v) is 7.20. The molecule has 6 heteroatoms. The zero-order chi connectivity index (χ0) is 20.1. The number of carbonyl (C=O) groups is 2. The van der Waals surface area contributed by atoms with E-state index in [1.165, 1.54) is 23.7 Å². The molecule has 1 heterocycles. The highest BCUT2D eigenvalue weighted by Gasteiger charge is 2.22. The van der Waals surface area contributed by atoms with Crippen LogP contribution in [0.2, 0.25) is 0 Å². The molecule has 2 N–H and O–H groups in total. The first-order valence-electron chi connectivity index (χ1n) is 9.64. The Labute approximate surface area is 166 Å². The van der Waals surface area contributed by atoms with Crippen LogP contribution in [-0.2, 0) is 9.59 Å². The second kappa shape index (κ2) is 8.78. The molecule has 1 aliphatic heterocycles. The van der Waals surface area contributed by atoms with E-state index in [0.717, 1.165) is 37.6 Å². The first-order valence-corrected chi connectivity index (χ1v) is 9.64. The predicted octanol–water partition coefficient (Wildman–Crippen LogP) is 3.02. The lowest BCUT2D eigenvalue weighted by molar-refractivity contribution is -0.129. The summed E-state index contributed by atoms with van der Waals surface area (Å²) in [6, 6.07) is 13.7. The molecule has 0 aliphatic carbocycles. The second-order valence-electron chi connectivity index (χ2n) is 7.20. The minimum Gasteiger partial charge on any atom is -0.376 e. The Balaban J connectivity index is 1.49. The number of hydrogen-bond acceptors (Lipinski definition) is 4. The molecule has 1 aliphatic rings. The van der Waals surface area contributed by atoms with Gasteiger partial charge in [0.15, 0.2) is 0 Å². The lowest BCUT2D eigenvalue weighted by Crippen LogP contribution is -2.50. The Kier molecular flexibility index (Phi) is 6.19. The van der Waals surface area contributed by atoms with Crippen molar-refractivity contribution in [2.24, 2.45) is 0 Å². The number of benzene rings is 2. The highest BCUT2D eigenvalue weighted by Crippen LogP contribution is 2.24. The van der Waals surface area contributed by atoms with E-state index in [2.05, 4.69) is 47.6 Å². The topological polar surface area (TPSA) is 64.7 Å². The van der Waals surface area contributed by atoms with Crippen molar-refractivity contribution >= 4 is 28.9 Å². The molecule has 0 unspecified atom stereocenters. The summed E-state index contributed by atoms with van der Waals surface area (Å²) in [6.07, 6.45) is 0. The van der Waals surface area contributed by atoms with E-state index in [4.69, 9.17) is 0 Å². The summed E-state index contributed by atoms with van der Waals surface area (Å²) in [7, 11) is 0. The monoisotopic (exact) mass is 380 g/mol. The SMILES string of the molecule is CC(=O)Nc1ccc(NCC(=O)N2CCN(c3cccc(C)c3C)CC2)cc1. The zero-order valence-corrected chi connectivity index (χ0v) is 16.8. The summed E-state index contributed by atoms with van der Waals surface area (Å²) in [4.78, 5) is 27.9. The number of piperazine rings is 1. The molecule has 1 fully saturated rings. The van der Waals surface area contributed by atoms with Gasteiger partial charge in [-0.2, -0.15) is 0 Å². The van der Waals surface area contributed by atoms with Gasteiger partial charge in [0, 0.05) is 50.2 Å². The molecule has 2 amide bonds. The highest BCUT2D eigenvalue weighted by atomic mass is 16.2. The van der Waals surface area contributed by atoms with Crippen molar-refractivity contribution in [3.05, 3.63) is 53.6 Å². The van der Waals surface area contributed by atoms with Crippen LogP contribution in [0.1, 0.15) is 18.1 Å². The molecule has 0 radical (unpaired) electrons. The minimum atomic E-state index is -0.101. The summed E-state index contributed by atoms with van der Waals surface area (Å²) in [5.41, 5.74) is 5.48. The average Bonchev–Trinajstić information content (AvgIpc) is 2.69. The van der Waals surface area contributed by atoms with Crippen molar-refractivity contribution in [1.29, 1.82) is 0 Å². The fourth-order valence-electron chi connectivity index (χ4n) is 3.44. The van der Waals surface area contributed by atoms with Crippen LogP contribution in [0.4, 0.5) is 17.1 Å². The van der Waals surface area contributed by atoms with Gasteiger partial charge < -0.3 is 20.4 Å². The van der Waals surface area contributed by atoms with Crippen LogP contribution in [0, 0.1) is 13.8 Å². The third-order valence-corrected chi connectivity index (χ3v) is 5.20. The number of amides is 2. The molecule has 2 aromatic rings. The normalized spacial score (nSPS) is 14.0. The molecule has 28 heavy (non-hydrogen) atoms. The number of nitrogens with one attached hydrogen (secondary N) is 2. The molecule has 6 nitrogen and oxygen atoms in total. The Morgan fingerprint density at radius 2 is 1.57 bits per heavy atom. The van der Waals surface area contributed by atoms with E-state index in [-0.39, 0.29) is 18.4 Å². The van der Waals surface area contributed by atoms with Gasteiger partial charge in [-0.05, 0) is 55.3 Å². The smallest absolute Gasteiger partial charge is 0.241 e. The highest BCUT2D eigenvalue weighted by molar-refractivity contribution is 5.89. The molecule has 3 rings (SSSR count). The molecule has 0 bridgehead atoms. The largest absolute Gasteiger partial charge is 0.376 e.